The lowest BCUT2D eigenvalue weighted by Gasteiger charge is -2.62. The van der Waals surface area contributed by atoms with Gasteiger partial charge in [-0.3, -0.25) is 14.7 Å². The molecule has 0 heterocycles. The van der Waals surface area contributed by atoms with E-state index in [0.29, 0.717) is 0 Å². The van der Waals surface area contributed by atoms with E-state index in [0.717, 1.165) is 45.7 Å². The summed E-state index contributed by atoms with van der Waals surface area (Å²) in [6.45, 7) is 52.4. The Bertz CT molecular complexity index is 499. The Kier molecular flexibility index (Phi) is 11.9. The van der Waals surface area contributed by atoms with Crippen molar-refractivity contribution in [3.8, 4) is 0 Å². The zero-order valence-electron chi connectivity index (χ0n) is 28.8. The molecule has 0 fully saturated rings. The van der Waals surface area contributed by atoms with Crippen LogP contribution in [0.1, 0.15) is 138 Å². The fraction of sp³-hybridized carbons (Fsp3) is 1.00. The Morgan fingerprint density at radius 3 is 0.528 bits per heavy atom. The fourth-order valence-corrected chi connectivity index (χ4v) is 5.63. The summed E-state index contributed by atoms with van der Waals surface area (Å²) in [7, 11) is 0. The molecule has 3 heteroatoms. The Hall–Kier alpha value is -0.120. The summed E-state index contributed by atoms with van der Waals surface area (Å²) in [5.74, 6) is -0.165. The molecule has 0 bridgehead atoms. The molecule has 0 aliphatic carbocycles. The molecule has 0 spiro atoms. The summed E-state index contributed by atoms with van der Waals surface area (Å²) in [4.78, 5) is 8.71. The van der Waals surface area contributed by atoms with E-state index < -0.39 is 0 Å². The summed E-state index contributed by atoms with van der Waals surface area (Å²) < 4.78 is 0. The molecule has 0 aromatic rings. The SMILES string of the molecule is CCC(N(CC(C)(C)C)CC(C)(C)C)(N(CC(C)(C)C)CC(C)(C)C)N(CC(C)(C)C)CC(C)(C)C. The van der Waals surface area contributed by atoms with Crippen molar-refractivity contribution in [1.82, 2.24) is 14.7 Å². The first-order valence-corrected chi connectivity index (χ1v) is 14.8. The first kappa shape index (κ1) is 35.9. The van der Waals surface area contributed by atoms with Crippen molar-refractivity contribution < 1.29 is 0 Å². The molecule has 3 nitrogen and oxygen atoms in total. The molecule has 0 saturated carbocycles. The smallest absolute Gasteiger partial charge is 0.130 e. The van der Waals surface area contributed by atoms with E-state index in [1.165, 1.54) is 0 Å². The van der Waals surface area contributed by atoms with Crippen LogP contribution >= 0.6 is 0 Å². The first-order valence-electron chi connectivity index (χ1n) is 14.8. The number of hydrogen-bond acceptors (Lipinski definition) is 3. The zero-order valence-corrected chi connectivity index (χ0v) is 28.8. The normalized spacial score (nSPS) is 15.5. The van der Waals surface area contributed by atoms with Gasteiger partial charge in [-0.25, -0.2) is 0 Å². The minimum absolute atomic E-state index is 0.165. The summed E-state index contributed by atoms with van der Waals surface area (Å²) in [5, 5.41) is 0. The summed E-state index contributed by atoms with van der Waals surface area (Å²) in [5.41, 5.74) is 1.23. The summed E-state index contributed by atoms with van der Waals surface area (Å²) in [6, 6.07) is 0. The van der Waals surface area contributed by atoms with Crippen molar-refractivity contribution in [3.05, 3.63) is 0 Å². The molecule has 0 amide bonds. The molecule has 0 saturated heterocycles. The highest BCUT2D eigenvalue weighted by atomic mass is 15.6. The molecular weight excluding hydrogens is 438 g/mol. The Balaban J connectivity index is 7.56. The average Bonchev–Trinajstić information content (AvgIpc) is 2.45. The van der Waals surface area contributed by atoms with E-state index in [1.807, 2.05) is 0 Å². The summed E-state index contributed by atoms with van der Waals surface area (Å²) >= 11 is 0. The fourth-order valence-electron chi connectivity index (χ4n) is 5.63. The van der Waals surface area contributed by atoms with Gasteiger partial charge in [-0.1, -0.05) is 132 Å². The number of hydrogen-bond donors (Lipinski definition) is 0. The van der Waals surface area contributed by atoms with E-state index in [1.54, 1.807) is 0 Å². The Morgan fingerprint density at radius 1 is 0.306 bits per heavy atom. The van der Waals surface area contributed by atoms with Gasteiger partial charge in [0, 0.05) is 39.3 Å². The van der Waals surface area contributed by atoms with E-state index in [-0.39, 0.29) is 38.3 Å². The van der Waals surface area contributed by atoms with Gasteiger partial charge in [0.1, 0.15) is 5.79 Å². The maximum atomic E-state index is 2.90. The Morgan fingerprint density at radius 2 is 0.444 bits per heavy atom. The topological polar surface area (TPSA) is 9.72 Å². The Labute approximate surface area is 230 Å². The van der Waals surface area contributed by atoms with Crippen molar-refractivity contribution in [2.75, 3.05) is 39.3 Å². The van der Waals surface area contributed by atoms with Crippen LogP contribution in [0.15, 0.2) is 0 Å². The number of nitrogens with zero attached hydrogens (tertiary/aromatic N) is 3. The maximum Gasteiger partial charge on any atom is 0.130 e. The van der Waals surface area contributed by atoms with Crippen LogP contribution in [0.5, 0.6) is 0 Å². The highest BCUT2D eigenvalue weighted by molar-refractivity contribution is 4.98. The van der Waals surface area contributed by atoms with Crippen molar-refractivity contribution in [2.24, 2.45) is 32.5 Å². The van der Waals surface area contributed by atoms with Crippen molar-refractivity contribution in [1.29, 1.82) is 0 Å². The second-order valence-corrected chi connectivity index (χ2v) is 19.1. The van der Waals surface area contributed by atoms with Crippen LogP contribution in [-0.4, -0.2) is 59.8 Å². The minimum atomic E-state index is -0.165. The molecule has 0 atom stereocenters. The molecule has 0 rings (SSSR count). The van der Waals surface area contributed by atoms with Crippen LogP contribution in [0.4, 0.5) is 0 Å². The molecule has 0 aliphatic rings. The van der Waals surface area contributed by atoms with Gasteiger partial charge < -0.3 is 0 Å². The average molecular weight is 510 g/mol. The quantitative estimate of drug-likeness (QED) is 0.272. The second kappa shape index (κ2) is 12.0. The standard InChI is InChI=1S/C33H71N3/c1-20-33(34(21-27(2,3)4)22-28(5,6)7,35(23-29(8,9)10)24-30(11,12)13)36(25-31(14,15)16)26-32(17,18)19/h20-26H2,1-19H3. The predicted molar refractivity (Wildman–Crippen MR) is 164 cm³/mol. The van der Waals surface area contributed by atoms with Gasteiger partial charge in [0.15, 0.2) is 0 Å². The van der Waals surface area contributed by atoms with Gasteiger partial charge in [-0.05, 0) is 38.9 Å². The first-order chi connectivity index (χ1) is 15.5. The van der Waals surface area contributed by atoms with Crippen LogP contribution in [0.2, 0.25) is 0 Å². The zero-order chi connectivity index (χ0) is 29.2. The van der Waals surface area contributed by atoms with Gasteiger partial charge in [0.25, 0.3) is 0 Å². The van der Waals surface area contributed by atoms with Gasteiger partial charge in [0.05, 0.1) is 0 Å². The molecule has 36 heavy (non-hydrogen) atoms. The molecule has 0 aromatic carbocycles. The van der Waals surface area contributed by atoms with Crippen LogP contribution in [0.25, 0.3) is 0 Å². The van der Waals surface area contributed by atoms with E-state index in [4.69, 9.17) is 0 Å². The monoisotopic (exact) mass is 510 g/mol. The van der Waals surface area contributed by atoms with Crippen molar-refractivity contribution in [2.45, 2.75) is 144 Å². The highest BCUT2D eigenvalue weighted by Gasteiger charge is 2.50. The summed E-state index contributed by atoms with van der Waals surface area (Å²) in [6.07, 6.45) is 1.08. The third-order valence-corrected chi connectivity index (χ3v) is 5.98. The third kappa shape index (κ3) is 14.1. The van der Waals surface area contributed by atoms with Crippen molar-refractivity contribution in [3.63, 3.8) is 0 Å². The van der Waals surface area contributed by atoms with Crippen LogP contribution in [0, 0.1) is 32.5 Å². The number of rotatable bonds is 10. The van der Waals surface area contributed by atoms with Crippen molar-refractivity contribution >= 4 is 0 Å². The van der Waals surface area contributed by atoms with Crippen LogP contribution in [-0.2, 0) is 0 Å². The molecule has 0 aliphatic heterocycles. The molecule has 0 aromatic heterocycles. The predicted octanol–water partition coefficient (Wildman–Crippen LogP) is 9.23. The lowest BCUT2D eigenvalue weighted by Crippen LogP contribution is -2.74. The van der Waals surface area contributed by atoms with Crippen LogP contribution in [0.3, 0.4) is 0 Å². The van der Waals surface area contributed by atoms with Gasteiger partial charge >= 0.3 is 0 Å². The van der Waals surface area contributed by atoms with Crippen LogP contribution < -0.4 is 0 Å². The van der Waals surface area contributed by atoms with Gasteiger partial charge in [-0.2, -0.15) is 0 Å². The second-order valence-electron chi connectivity index (χ2n) is 19.1. The lowest BCUT2D eigenvalue weighted by molar-refractivity contribution is -0.213. The largest absolute Gasteiger partial charge is 0.272 e. The van der Waals surface area contributed by atoms with E-state index in [2.05, 4.69) is 146 Å². The molecular formula is C33H71N3. The maximum absolute atomic E-state index is 2.90. The van der Waals surface area contributed by atoms with Gasteiger partial charge in [0.2, 0.25) is 0 Å². The molecule has 218 valence electrons. The lowest BCUT2D eigenvalue weighted by atomic mass is 9.85. The highest BCUT2D eigenvalue weighted by Crippen LogP contribution is 2.41. The third-order valence-electron chi connectivity index (χ3n) is 5.98. The van der Waals surface area contributed by atoms with E-state index >= 15 is 0 Å². The molecule has 0 N–H and O–H groups in total. The van der Waals surface area contributed by atoms with E-state index in [9.17, 15) is 0 Å². The molecule has 0 radical (unpaired) electrons. The minimum Gasteiger partial charge on any atom is -0.272 e. The molecule has 0 unspecified atom stereocenters. The van der Waals surface area contributed by atoms with Gasteiger partial charge in [-0.15, -0.1) is 0 Å².